The third kappa shape index (κ3) is 4.86. The first-order valence-electron chi connectivity index (χ1n) is 6.54. The van der Waals surface area contributed by atoms with Crippen LogP contribution in [0.15, 0.2) is 0 Å². The van der Waals surface area contributed by atoms with E-state index < -0.39 is 0 Å². The zero-order chi connectivity index (χ0) is 14.3. The van der Waals surface area contributed by atoms with E-state index in [9.17, 15) is 0 Å². The molecule has 0 aliphatic heterocycles. The number of rotatable bonds is 8. The van der Waals surface area contributed by atoms with Crippen LogP contribution in [0.3, 0.4) is 0 Å². The molecule has 108 valence electrons. The van der Waals surface area contributed by atoms with Crippen LogP contribution in [0.5, 0.6) is 0 Å². The molecule has 1 aromatic heterocycles. The van der Waals surface area contributed by atoms with Crippen molar-refractivity contribution in [1.29, 1.82) is 0 Å². The molecule has 0 atom stereocenters. The first-order chi connectivity index (χ1) is 9.08. The van der Waals surface area contributed by atoms with Crippen molar-refractivity contribution in [3.05, 3.63) is 0 Å². The number of ether oxygens (including phenoxy) is 1. The molecule has 0 bridgehead atoms. The summed E-state index contributed by atoms with van der Waals surface area (Å²) in [5.41, 5.74) is 0. The minimum atomic E-state index is 0.597. The van der Waals surface area contributed by atoms with Crippen LogP contribution in [-0.4, -0.2) is 62.4 Å². The molecular weight excluding hydrogens is 244 g/mol. The predicted molar refractivity (Wildman–Crippen MR) is 78.1 cm³/mol. The fraction of sp³-hybridized carbons (Fsp3) is 0.750. The van der Waals surface area contributed by atoms with E-state index in [1.807, 2.05) is 44.8 Å². The van der Waals surface area contributed by atoms with E-state index >= 15 is 0 Å². The minimum Gasteiger partial charge on any atom is -0.380 e. The van der Waals surface area contributed by atoms with E-state index in [1.165, 1.54) is 0 Å². The SMILES string of the molecule is CCNc1nc(N(C)C)nc(N(C)CCOCC)n1. The summed E-state index contributed by atoms with van der Waals surface area (Å²) < 4.78 is 5.34. The average Bonchev–Trinajstić information content (AvgIpc) is 2.39. The van der Waals surface area contributed by atoms with Gasteiger partial charge in [0.1, 0.15) is 0 Å². The Balaban J connectivity index is 2.85. The fourth-order valence-electron chi connectivity index (χ4n) is 1.41. The second kappa shape index (κ2) is 7.73. The molecule has 0 radical (unpaired) electrons. The summed E-state index contributed by atoms with van der Waals surface area (Å²) in [7, 11) is 5.77. The number of likely N-dealkylation sites (N-methyl/N-ethyl adjacent to an activating group) is 1. The molecule has 0 fully saturated rings. The van der Waals surface area contributed by atoms with Gasteiger partial charge in [-0.1, -0.05) is 0 Å². The molecule has 0 amide bonds. The first-order valence-corrected chi connectivity index (χ1v) is 6.54. The monoisotopic (exact) mass is 268 g/mol. The van der Waals surface area contributed by atoms with E-state index in [-0.39, 0.29) is 0 Å². The Hall–Kier alpha value is -1.63. The second-order valence-corrected chi connectivity index (χ2v) is 4.30. The van der Waals surface area contributed by atoms with Gasteiger partial charge in [0.15, 0.2) is 0 Å². The highest BCUT2D eigenvalue weighted by Crippen LogP contribution is 2.13. The maximum absolute atomic E-state index is 5.34. The van der Waals surface area contributed by atoms with E-state index in [4.69, 9.17) is 4.74 Å². The zero-order valence-corrected chi connectivity index (χ0v) is 12.5. The third-order valence-corrected chi connectivity index (χ3v) is 2.46. The molecule has 0 saturated carbocycles. The third-order valence-electron chi connectivity index (χ3n) is 2.46. The smallest absolute Gasteiger partial charge is 0.231 e. The summed E-state index contributed by atoms with van der Waals surface area (Å²) in [6, 6.07) is 0. The van der Waals surface area contributed by atoms with Crippen molar-refractivity contribution < 1.29 is 4.74 Å². The van der Waals surface area contributed by atoms with Crippen molar-refractivity contribution in [2.75, 3.05) is 62.6 Å². The van der Waals surface area contributed by atoms with Crippen LogP contribution in [0, 0.1) is 0 Å². The Morgan fingerprint density at radius 2 is 1.74 bits per heavy atom. The van der Waals surface area contributed by atoms with Gasteiger partial charge in [0.05, 0.1) is 6.61 Å². The molecule has 0 aliphatic carbocycles. The summed E-state index contributed by atoms with van der Waals surface area (Å²) >= 11 is 0. The van der Waals surface area contributed by atoms with E-state index in [0.717, 1.165) is 19.7 Å². The van der Waals surface area contributed by atoms with Gasteiger partial charge in [-0.3, -0.25) is 0 Å². The van der Waals surface area contributed by atoms with Gasteiger partial charge in [-0.05, 0) is 13.8 Å². The summed E-state index contributed by atoms with van der Waals surface area (Å²) in [6.45, 7) is 6.90. The van der Waals surface area contributed by atoms with E-state index in [0.29, 0.717) is 24.5 Å². The van der Waals surface area contributed by atoms with Gasteiger partial charge in [0.2, 0.25) is 17.8 Å². The van der Waals surface area contributed by atoms with Gasteiger partial charge >= 0.3 is 0 Å². The maximum Gasteiger partial charge on any atom is 0.231 e. The van der Waals surface area contributed by atoms with Crippen LogP contribution in [-0.2, 0) is 4.74 Å². The molecule has 0 saturated heterocycles. The summed E-state index contributed by atoms with van der Waals surface area (Å²) in [6.07, 6.45) is 0. The number of hydrogen-bond acceptors (Lipinski definition) is 7. The lowest BCUT2D eigenvalue weighted by Crippen LogP contribution is -2.26. The van der Waals surface area contributed by atoms with Crippen LogP contribution < -0.4 is 15.1 Å². The Kier molecular flexibility index (Phi) is 6.27. The van der Waals surface area contributed by atoms with Crippen LogP contribution >= 0.6 is 0 Å². The van der Waals surface area contributed by atoms with Gasteiger partial charge in [-0.2, -0.15) is 15.0 Å². The molecule has 19 heavy (non-hydrogen) atoms. The van der Waals surface area contributed by atoms with Gasteiger partial charge in [-0.15, -0.1) is 0 Å². The van der Waals surface area contributed by atoms with Gasteiger partial charge < -0.3 is 19.9 Å². The van der Waals surface area contributed by atoms with Gasteiger partial charge in [-0.25, -0.2) is 0 Å². The van der Waals surface area contributed by atoms with Crippen LogP contribution in [0.1, 0.15) is 13.8 Å². The summed E-state index contributed by atoms with van der Waals surface area (Å²) in [5.74, 6) is 1.89. The molecule has 0 spiro atoms. The minimum absolute atomic E-state index is 0.597. The van der Waals surface area contributed by atoms with Crippen molar-refractivity contribution in [2.45, 2.75) is 13.8 Å². The molecule has 1 aromatic rings. The Labute approximate surface area is 115 Å². The topological polar surface area (TPSA) is 66.4 Å². The van der Waals surface area contributed by atoms with Crippen molar-refractivity contribution in [3.63, 3.8) is 0 Å². The van der Waals surface area contributed by atoms with Gasteiger partial charge in [0.25, 0.3) is 0 Å². The molecule has 7 heteroatoms. The molecule has 1 heterocycles. The number of hydrogen-bond donors (Lipinski definition) is 1. The van der Waals surface area contributed by atoms with E-state index in [1.54, 1.807) is 0 Å². The van der Waals surface area contributed by atoms with Crippen molar-refractivity contribution in [3.8, 4) is 0 Å². The Morgan fingerprint density at radius 3 is 2.32 bits per heavy atom. The highest BCUT2D eigenvalue weighted by molar-refractivity contribution is 5.44. The van der Waals surface area contributed by atoms with Crippen LogP contribution in [0.25, 0.3) is 0 Å². The standard InChI is InChI=1S/C12H24N6O/c1-6-13-10-14-11(17(3)4)16-12(15-10)18(5)8-9-19-7-2/h6-9H2,1-5H3,(H,13,14,15,16). The molecular formula is C12H24N6O. The molecule has 0 unspecified atom stereocenters. The molecule has 1 rings (SSSR count). The maximum atomic E-state index is 5.34. The van der Waals surface area contributed by atoms with Crippen molar-refractivity contribution in [1.82, 2.24) is 15.0 Å². The highest BCUT2D eigenvalue weighted by atomic mass is 16.5. The first kappa shape index (κ1) is 15.4. The molecule has 7 nitrogen and oxygen atoms in total. The lowest BCUT2D eigenvalue weighted by atomic mass is 10.6. The average molecular weight is 268 g/mol. The molecule has 0 aliphatic rings. The van der Waals surface area contributed by atoms with Crippen LogP contribution in [0.2, 0.25) is 0 Å². The second-order valence-electron chi connectivity index (χ2n) is 4.30. The number of anilines is 3. The fourth-order valence-corrected chi connectivity index (χ4v) is 1.41. The number of nitrogens with zero attached hydrogens (tertiary/aromatic N) is 5. The largest absolute Gasteiger partial charge is 0.380 e. The summed E-state index contributed by atoms with van der Waals surface area (Å²) in [5, 5.41) is 3.12. The number of nitrogens with one attached hydrogen (secondary N) is 1. The lowest BCUT2D eigenvalue weighted by molar-refractivity contribution is 0.154. The Morgan fingerprint density at radius 1 is 1.05 bits per heavy atom. The Bertz CT molecular complexity index is 384. The highest BCUT2D eigenvalue weighted by Gasteiger charge is 2.11. The van der Waals surface area contributed by atoms with Gasteiger partial charge in [0, 0.05) is 40.8 Å². The van der Waals surface area contributed by atoms with E-state index in [2.05, 4.69) is 20.3 Å². The predicted octanol–water partition coefficient (Wildman–Crippen LogP) is 0.842. The molecule has 1 N–H and O–H groups in total. The normalized spacial score (nSPS) is 10.4. The quantitative estimate of drug-likeness (QED) is 0.701. The lowest BCUT2D eigenvalue weighted by Gasteiger charge is -2.19. The van der Waals surface area contributed by atoms with Crippen molar-refractivity contribution in [2.24, 2.45) is 0 Å². The zero-order valence-electron chi connectivity index (χ0n) is 12.5. The summed E-state index contributed by atoms with van der Waals surface area (Å²) in [4.78, 5) is 17.0. The van der Waals surface area contributed by atoms with Crippen LogP contribution in [0.4, 0.5) is 17.8 Å². The number of aromatic nitrogens is 3. The molecule has 0 aromatic carbocycles. The van der Waals surface area contributed by atoms with Crippen molar-refractivity contribution >= 4 is 17.8 Å².